The van der Waals surface area contributed by atoms with Crippen LogP contribution in [0.3, 0.4) is 0 Å². The Kier molecular flexibility index (Phi) is 4.46. The van der Waals surface area contributed by atoms with Crippen LogP contribution >= 0.6 is 0 Å². The molecule has 6 rings (SSSR count). The molecule has 0 aliphatic carbocycles. The topological polar surface area (TPSA) is 108 Å². The van der Waals surface area contributed by atoms with Crippen molar-refractivity contribution >= 4 is 22.7 Å². The molecular formula is C24H21N7O2. The van der Waals surface area contributed by atoms with Gasteiger partial charge in [-0.05, 0) is 43.3 Å². The third-order valence-corrected chi connectivity index (χ3v) is 5.76. The summed E-state index contributed by atoms with van der Waals surface area (Å²) < 4.78 is 13.2. The quantitative estimate of drug-likeness (QED) is 0.434. The molecule has 1 saturated heterocycles. The highest BCUT2D eigenvalue weighted by molar-refractivity contribution is 5.98. The van der Waals surface area contributed by atoms with Gasteiger partial charge in [0.05, 0.1) is 17.1 Å². The lowest BCUT2D eigenvalue weighted by Crippen LogP contribution is -2.48. The number of aryl methyl sites for hydroxylation is 1. The zero-order chi connectivity index (χ0) is 22.4. The van der Waals surface area contributed by atoms with Crippen molar-refractivity contribution in [3.8, 4) is 22.8 Å². The standard InChI is InChI=1S/C24H21N7O2/c1-15-11-20(33-29-15)30-12-17(13-30)31-24-21(23(25)26-14-27-24)22(28-31)16-7-9-19(10-8-16)32-18-5-3-2-4-6-18/h2-11,14,17H,12-13H2,1H3,(H2,25,26,27). The van der Waals surface area contributed by atoms with Crippen LogP contribution in [0, 0.1) is 6.92 Å². The van der Waals surface area contributed by atoms with E-state index in [1.165, 1.54) is 6.33 Å². The largest absolute Gasteiger partial charge is 0.457 e. The predicted molar refractivity (Wildman–Crippen MR) is 124 cm³/mol. The molecule has 2 aromatic carbocycles. The summed E-state index contributed by atoms with van der Waals surface area (Å²) in [7, 11) is 0. The van der Waals surface area contributed by atoms with Crippen LogP contribution in [0.25, 0.3) is 22.3 Å². The summed E-state index contributed by atoms with van der Waals surface area (Å²) in [5.41, 5.74) is 9.51. The Hall–Kier alpha value is -4.40. The Balaban J connectivity index is 1.31. The molecule has 0 spiro atoms. The number of hydrogen-bond donors (Lipinski definition) is 1. The van der Waals surface area contributed by atoms with E-state index in [0.717, 1.165) is 58.5 Å². The van der Waals surface area contributed by atoms with E-state index in [0.29, 0.717) is 5.82 Å². The van der Waals surface area contributed by atoms with Crippen LogP contribution in [-0.4, -0.2) is 38.0 Å². The van der Waals surface area contributed by atoms with E-state index in [1.54, 1.807) is 0 Å². The molecule has 1 fully saturated rings. The fourth-order valence-electron chi connectivity index (χ4n) is 4.05. The van der Waals surface area contributed by atoms with Gasteiger partial charge in [-0.3, -0.25) is 0 Å². The van der Waals surface area contributed by atoms with Gasteiger partial charge in [-0.25, -0.2) is 14.6 Å². The molecule has 0 bridgehead atoms. The number of nitrogen functional groups attached to an aromatic ring is 1. The molecule has 0 saturated carbocycles. The molecule has 0 amide bonds. The summed E-state index contributed by atoms with van der Waals surface area (Å²) in [6.07, 6.45) is 1.48. The molecule has 164 valence electrons. The van der Waals surface area contributed by atoms with Gasteiger partial charge in [-0.1, -0.05) is 23.4 Å². The van der Waals surface area contributed by atoms with Crippen molar-refractivity contribution in [2.24, 2.45) is 0 Å². The molecule has 3 aromatic heterocycles. The van der Waals surface area contributed by atoms with Crippen LogP contribution in [0.15, 0.2) is 71.5 Å². The number of para-hydroxylation sites is 1. The molecule has 2 N–H and O–H groups in total. The number of ether oxygens (including phenoxy) is 1. The van der Waals surface area contributed by atoms with Crippen molar-refractivity contribution in [1.82, 2.24) is 24.9 Å². The van der Waals surface area contributed by atoms with Gasteiger partial charge in [0.25, 0.3) is 0 Å². The van der Waals surface area contributed by atoms with Gasteiger partial charge < -0.3 is 19.9 Å². The first-order chi connectivity index (χ1) is 16.2. The van der Waals surface area contributed by atoms with Crippen LogP contribution in [0.5, 0.6) is 11.5 Å². The second-order valence-corrected chi connectivity index (χ2v) is 8.06. The molecular weight excluding hydrogens is 418 g/mol. The van der Waals surface area contributed by atoms with E-state index in [1.807, 2.05) is 72.3 Å². The number of nitrogens with zero attached hydrogens (tertiary/aromatic N) is 6. The first-order valence-corrected chi connectivity index (χ1v) is 10.7. The minimum Gasteiger partial charge on any atom is -0.457 e. The average molecular weight is 439 g/mol. The minimum absolute atomic E-state index is 0.140. The molecule has 9 nitrogen and oxygen atoms in total. The highest BCUT2D eigenvalue weighted by atomic mass is 16.5. The molecule has 4 heterocycles. The molecule has 0 unspecified atom stereocenters. The van der Waals surface area contributed by atoms with E-state index in [-0.39, 0.29) is 6.04 Å². The van der Waals surface area contributed by atoms with Gasteiger partial charge in [-0.15, -0.1) is 0 Å². The monoisotopic (exact) mass is 439 g/mol. The van der Waals surface area contributed by atoms with Crippen molar-refractivity contribution in [3.63, 3.8) is 0 Å². The fraction of sp³-hybridized carbons (Fsp3) is 0.167. The minimum atomic E-state index is 0.140. The maximum atomic E-state index is 6.26. The Morgan fingerprint density at radius 2 is 1.76 bits per heavy atom. The lowest BCUT2D eigenvalue weighted by molar-refractivity contribution is 0.333. The smallest absolute Gasteiger partial charge is 0.227 e. The summed E-state index contributed by atoms with van der Waals surface area (Å²) in [6, 6.07) is 19.5. The SMILES string of the molecule is Cc1cc(N2CC(n3nc(-c4ccc(Oc5ccccc5)cc4)c4c(N)ncnc43)C2)on1. The van der Waals surface area contributed by atoms with Crippen molar-refractivity contribution in [2.75, 3.05) is 23.7 Å². The normalized spacial score (nSPS) is 13.9. The van der Waals surface area contributed by atoms with Gasteiger partial charge in [0.1, 0.15) is 29.3 Å². The lowest BCUT2D eigenvalue weighted by Gasteiger charge is -2.38. The zero-order valence-corrected chi connectivity index (χ0v) is 17.9. The number of hydrogen-bond acceptors (Lipinski definition) is 8. The first kappa shape index (κ1) is 19.3. The average Bonchev–Trinajstić information content (AvgIpc) is 3.39. The lowest BCUT2D eigenvalue weighted by atomic mass is 10.1. The van der Waals surface area contributed by atoms with Crippen LogP contribution in [0.4, 0.5) is 11.7 Å². The number of fused-ring (bicyclic) bond motifs is 1. The Bertz CT molecular complexity index is 1420. The highest BCUT2D eigenvalue weighted by Crippen LogP contribution is 2.36. The zero-order valence-electron chi connectivity index (χ0n) is 17.9. The van der Waals surface area contributed by atoms with Gasteiger partial charge in [0.15, 0.2) is 5.65 Å². The number of rotatable bonds is 5. The van der Waals surface area contributed by atoms with E-state index in [9.17, 15) is 0 Å². The second kappa shape index (κ2) is 7.63. The predicted octanol–water partition coefficient (Wildman–Crippen LogP) is 4.23. The van der Waals surface area contributed by atoms with Crippen molar-refractivity contribution < 1.29 is 9.26 Å². The first-order valence-electron chi connectivity index (χ1n) is 10.7. The summed E-state index contributed by atoms with van der Waals surface area (Å²) in [6.45, 7) is 3.41. The Morgan fingerprint density at radius 3 is 2.48 bits per heavy atom. The van der Waals surface area contributed by atoms with Gasteiger partial charge in [0.2, 0.25) is 5.88 Å². The summed E-state index contributed by atoms with van der Waals surface area (Å²) in [4.78, 5) is 10.8. The maximum absolute atomic E-state index is 6.26. The van der Waals surface area contributed by atoms with E-state index in [2.05, 4.69) is 20.0 Å². The Morgan fingerprint density at radius 1 is 1.00 bits per heavy atom. The third-order valence-electron chi connectivity index (χ3n) is 5.76. The van der Waals surface area contributed by atoms with Crippen molar-refractivity contribution in [2.45, 2.75) is 13.0 Å². The van der Waals surface area contributed by atoms with Crippen LogP contribution in [-0.2, 0) is 0 Å². The van der Waals surface area contributed by atoms with E-state index >= 15 is 0 Å². The molecule has 9 heteroatoms. The summed E-state index contributed by atoms with van der Waals surface area (Å²) in [5, 5.41) is 9.63. The van der Waals surface area contributed by atoms with Crippen molar-refractivity contribution in [3.05, 3.63) is 72.7 Å². The summed E-state index contributed by atoms with van der Waals surface area (Å²) in [5.74, 6) is 2.71. The molecule has 0 atom stereocenters. The molecule has 5 aromatic rings. The third kappa shape index (κ3) is 3.43. The Labute approximate surface area is 189 Å². The van der Waals surface area contributed by atoms with E-state index < -0.39 is 0 Å². The number of nitrogens with two attached hydrogens (primary N) is 1. The number of benzene rings is 2. The van der Waals surface area contributed by atoms with Gasteiger partial charge in [0, 0.05) is 24.7 Å². The number of aromatic nitrogens is 5. The van der Waals surface area contributed by atoms with Gasteiger partial charge >= 0.3 is 0 Å². The summed E-state index contributed by atoms with van der Waals surface area (Å²) >= 11 is 0. The van der Waals surface area contributed by atoms with Crippen LogP contribution < -0.4 is 15.4 Å². The van der Waals surface area contributed by atoms with Gasteiger partial charge in [-0.2, -0.15) is 5.10 Å². The van der Waals surface area contributed by atoms with Crippen LogP contribution in [0.1, 0.15) is 11.7 Å². The second-order valence-electron chi connectivity index (χ2n) is 8.06. The molecule has 33 heavy (non-hydrogen) atoms. The maximum Gasteiger partial charge on any atom is 0.227 e. The number of anilines is 2. The molecule has 1 aliphatic rings. The van der Waals surface area contributed by atoms with Crippen LogP contribution in [0.2, 0.25) is 0 Å². The highest BCUT2D eigenvalue weighted by Gasteiger charge is 2.34. The fourth-order valence-corrected chi connectivity index (χ4v) is 4.05. The molecule has 0 radical (unpaired) electrons. The van der Waals surface area contributed by atoms with Crippen molar-refractivity contribution in [1.29, 1.82) is 0 Å². The molecule has 1 aliphatic heterocycles. The van der Waals surface area contributed by atoms with E-state index in [4.69, 9.17) is 20.1 Å².